The second-order valence-electron chi connectivity index (χ2n) is 5.28. The Hall–Kier alpha value is -1.56. The summed E-state index contributed by atoms with van der Waals surface area (Å²) in [7, 11) is 1.29. The molecular formula is C15H20F3NO2. The van der Waals surface area contributed by atoms with Gasteiger partial charge in [0.25, 0.3) is 0 Å². The van der Waals surface area contributed by atoms with E-state index in [1.807, 2.05) is 13.8 Å². The molecule has 0 heterocycles. The minimum atomic E-state index is -4.37. The highest BCUT2D eigenvalue weighted by molar-refractivity contribution is 5.75. The summed E-state index contributed by atoms with van der Waals surface area (Å²) in [6, 6.07) is 4.53. The Bertz CT molecular complexity index is 472. The molecule has 0 saturated carbocycles. The molecule has 0 saturated heterocycles. The number of hydrogen-bond acceptors (Lipinski definition) is 3. The van der Waals surface area contributed by atoms with Crippen molar-refractivity contribution in [2.75, 3.05) is 7.11 Å². The van der Waals surface area contributed by atoms with Crippen molar-refractivity contribution in [2.24, 2.45) is 5.92 Å². The summed E-state index contributed by atoms with van der Waals surface area (Å²) >= 11 is 0. The monoisotopic (exact) mass is 303 g/mol. The van der Waals surface area contributed by atoms with Crippen molar-refractivity contribution >= 4 is 5.97 Å². The van der Waals surface area contributed by atoms with Crippen LogP contribution in [0.4, 0.5) is 13.2 Å². The van der Waals surface area contributed by atoms with E-state index in [0.717, 1.165) is 12.1 Å². The number of nitrogens with one attached hydrogen (secondary N) is 1. The predicted octanol–water partition coefficient (Wildman–Crippen LogP) is 3.38. The number of carbonyl (C=O) groups excluding carboxylic acids is 1. The number of hydrogen-bond donors (Lipinski definition) is 1. The van der Waals surface area contributed by atoms with Gasteiger partial charge >= 0.3 is 12.1 Å². The zero-order valence-electron chi connectivity index (χ0n) is 12.3. The summed E-state index contributed by atoms with van der Waals surface area (Å²) < 4.78 is 42.6. The van der Waals surface area contributed by atoms with Crippen molar-refractivity contribution in [2.45, 2.75) is 39.0 Å². The van der Waals surface area contributed by atoms with Crippen LogP contribution < -0.4 is 5.32 Å². The maximum absolute atomic E-state index is 12.6. The first-order valence-electron chi connectivity index (χ1n) is 6.71. The Morgan fingerprint density at radius 2 is 2.00 bits per heavy atom. The Morgan fingerprint density at radius 3 is 2.52 bits per heavy atom. The maximum atomic E-state index is 12.6. The van der Waals surface area contributed by atoms with Crippen LogP contribution in [0.25, 0.3) is 0 Å². The summed E-state index contributed by atoms with van der Waals surface area (Å²) in [5, 5.41) is 2.95. The van der Waals surface area contributed by atoms with Crippen molar-refractivity contribution in [3.63, 3.8) is 0 Å². The van der Waals surface area contributed by atoms with Gasteiger partial charge in [0, 0.05) is 6.54 Å². The molecule has 0 aromatic heterocycles. The van der Waals surface area contributed by atoms with E-state index in [0.29, 0.717) is 12.0 Å². The predicted molar refractivity (Wildman–Crippen MR) is 73.5 cm³/mol. The van der Waals surface area contributed by atoms with Crippen molar-refractivity contribution < 1.29 is 22.7 Å². The maximum Gasteiger partial charge on any atom is 0.416 e. The number of esters is 1. The fourth-order valence-electron chi connectivity index (χ4n) is 1.98. The van der Waals surface area contributed by atoms with E-state index >= 15 is 0 Å². The van der Waals surface area contributed by atoms with Crippen molar-refractivity contribution in [3.05, 3.63) is 35.4 Å². The number of carbonyl (C=O) groups is 1. The number of alkyl halides is 3. The molecule has 1 atom stereocenters. The molecule has 0 spiro atoms. The second-order valence-corrected chi connectivity index (χ2v) is 5.28. The van der Waals surface area contributed by atoms with Gasteiger partial charge in [-0.1, -0.05) is 32.0 Å². The van der Waals surface area contributed by atoms with Gasteiger partial charge in [0.15, 0.2) is 0 Å². The molecular weight excluding hydrogens is 283 g/mol. The molecule has 0 radical (unpaired) electrons. The van der Waals surface area contributed by atoms with Gasteiger partial charge in [-0.3, -0.25) is 4.79 Å². The first-order chi connectivity index (χ1) is 9.74. The van der Waals surface area contributed by atoms with E-state index in [9.17, 15) is 18.0 Å². The standard InChI is InChI=1S/C15H20F3NO2/c1-10(2)7-13(14(20)21-3)19-9-11-5-4-6-12(8-11)15(16,17)18/h4-6,8,10,13,19H,7,9H2,1-3H3. The van der Waals surface area contributed by atoms with Gasteiger partial charge in [-0.05, 0) is 24.0 Å². The van der Waals surface area contributed by atoms with Crippen LogP contribution in [-0.4, -0.2) is 19.1 Å². The van der Waals surface area contributed by atoms with Gasteiger partial charge in [-0.25, -0.2) is 0 Å². The molecule has 0 amide bonds. The summed E-state index contributed by atoms with van der Waals surface area (Å²) in [6.45, 7) is 4.10. The van der Waals surface area contributed by atoms with Gasteiger partial charge in [-0.15, -0.1) is 0 Å². The zero-order chi connectivity index (χ0) is 16.0. The molecule has 1 aromatic carbocycles. The number of rotatable bonds is 6. The Labute approximate surface area is 122 Å². The summed E-state index contributed by atoms with van der Waals surface area (Å²) in [5.74, 6) is -0.140. The fourth-order valence-corrected chi connectivity index (χ4v) is 1.98. The van der Waals surface area contributed by atoms with E-state index in [1.165, 1.54) is 13.2 Å². The lowest BCUT2D eigenvalue weighted by atomic mass is 10.0. The second kappa shape index (κ2) is 7.45. The Balaban J connectivity index is 2.74. The molecule has 118 valence electrons. The SMILES string of the molecule is COC(=O)C(CC(C)C)NCc1cccc(C(F)(F)F)c1. The fraction of sp³-hybridized carbons (Fsp3) is 0.533. The van der Waals surface area contributed by atoms with Gasteiger partial charge in [-0.2, -0.15) is 13.2 Å². The topological polar surface area (TPSA) is 38.3 Å². The third-order valence-electron chi connectivity index (χ3n) is 3.00. The third kappa shape index (κ3) is 5.75. The van der Waals surface area contributed by atoms with E-state index < -0.39 is 23.8 Å². The van der Waals surface area contributed by atoms with Gasteiger partial charge in [0.05, 0.1) is 12.7 Å². The smallest absolute Gasteiger partial charge is 0.416 e. The van der Waals surface area contributed by atoms with Crippen LogP contribution in [-0.2, 0) is 22.3 Å². The van der Waals surface area contributed by atoms with Crippen LogP contribution in [0, 0.1) is 5.92 Å². The van der Waals surface area contributed by atoms with E-state index in [2.05, 4.69) is 5.32 Å². The molecule has 0 aliphatic carbocycles. The lowest BCUT2D eigenvalue weighted by Gasteiger charge is -2.18. The molecule has 6 heteroatoms. The lowest BCUT2D eigenvalue weighted by molar-refractivity contribution is -0.143. The molecule has 1 unspecified atom stereocenters. The van der Waals surface area contributed by atoms with Crippen LogP contribution in [0.5, 0.6) is 0 Å². The van der Waals surface area contributed by atoms with Crippen LogP contribution in [0.15, 0.2) is 24.3 Å². The average Bonchev–Trinajstić information content (AvgIpc) is 2.41. The Morgan fingerprint density at radius 1 is 1.33 bits per heavy atom. The van der Waals surface area contributed by atoms with Crippen LogP contribution in [0.1, 0.15) is 31.4 Å². The summed E-state index contributed by atoms with van der Waals surface area (Å²) in [4.78, 5) is 11.6. The highest BCUT2D eigenvalue weighted by atomic mass is 19.4. The third-order valence-corrected chi connectivity index (χ3v) is 3.00. The molecule has 1 aromatic rings. The first kappa shape index (κ1) is 17.5. The minimum absolute atomic E-state index is 0.177. The van der Waals surface area contributed by atoms with Crippen molar-refractivity contribution in [3.8, 4) is 0 Å². The van der Waals surface area contributed by atoms with E-state index in [1.54, 1.807) is 6.07 Å². The molecule has 0 bridgehead atoms. The van der Waals surface area contributed by atoms with Crippen LogP contribution in [0.3, 0.4) is 0 Å². The normalized spacial score (nSPS) is 13.3. The molecule has 1 N–H and O–H groups in total. The first-order valence-corrected chi connectivity index (χ1v) is 6.71. The molecule has 0 aliphatic heterocycles. The molecule has 0 fully saturated rings. The average molecular weight is 303 g/mol. The van der Waals surface area contributed by atoms with E-state index in [4.69, 9.17) is 4.74 Å². The van der Waals surface area contributed by atoms with Gasteiger partial charge < -0.3 is 10.1 Å². The number of benzene rings is 1. The molecule has 1 rings (SSSR count). The number of ether oxygens (including phenoxy) is 1. The quantitative estimate of drug-likeness (QED) is 0.819. The molecule has 0 aliphatic rings. The van der Waals surface area contributed by atoms with Gasteiger partial charge in [0.1, 0.15) is 6.04 Å². The van der Waals surface area contributed by atoms with Crippen molar-refractivity contribution in [1.82, 2.24) is 5.32 Å². The summed E-state index contributed by atoms with van der Waals surface area (Å²) in [6.07, 6.45) is -3.80. The summed E-state index contributed by atoms with van der Waals surface area (Å²) in [5.41, 5.74) is -0.220. The highest BCUT2D eigenvalue weighted by Crippen LogP contribution is 2.29. The minimum Gasteiger partial charge on any atom is -0.468 e. The van der Waals surface area contributed by atoms with Crippen LogP contribution in [0.2, 0.25) is 0 Å². The van der Waals surface area contributed by atoms with Crippen LogP contribution >= 0.6 is 0 Å². The van der Waals surface area contributed by atoms with Gasteiger partial charge in [0.2, 0.25) is 0 Å². The van der Waals surface area contributed by atoms with Crippen molar-refractivity contribution in [1.29, 1.82) is 0 Å². The number of halogens is 3. The highest BCUT2D eigenvalue weighted by Gasteiger charge is 2.30. The zero-order valence-corrected chi connectivity index (χ0v) is 12.3. The number of methoxy groups -OCH3 is 1. The van der Waals surface area contributed by atoms with E-state index in [-0.39, 0.29) is 12.5 Å². The molecule has 3 nitrogen and oxygen atoms in total. The Kier molecular flexibility index (Phi) is 6.20. The molecule has 21 heavy (non-hydrogen) atoms. The lowest BCUT2D eigenvalue weighted by Crippen LogP contribution is -2.38. The largest absolute Gasteiger partial charge is 0.468 e.